The Morgan fingerprint density at radius 3 is 2.74 bits per heavy atom. The molecule has 7 heteroatoms. The number of aliphatic carboxylic acids is 1. The van der Waals surface area contributed by atoms with Gasteiger partial charge in [-0.3, -0.25) is 4.79 Å². The second-order valence-corrected chi connectivity index (χ2v) is 11.4. The number of halogens is 1. The molecular weight excluding hydrogens is 434 g/mol. The first-order valence-electron chi connectivity index (χ1n) is 10.9. The highest BCUT2D eigenvalue weighted by Gasteiger charge is 2.57. The maximum absolute atomic E-state index is 12.8. The molecule has 3 fully saturated rings. The molecule has 0 saturated heterocycles. The van der Waals surface area contributed by atoms with Gasteiger partial charge in [0.2, 0.25) is 10.0 Å². The van der Waals surface area contributed by atoms with Crippen LogP contribution in [0.25, 0.3) is 6.08 Å². The van der Waals surface area contributed by atoms with Crippen LogP contribution in [-0.2, 0) is 14.8 Å². The van der Waals surface area contributed by atoms with Crippen molar-refractivity contribution in [2.75, 3.05) is 0 Å². The monoisotopic (exact) mass is 465 g/mol. The zero-order valence-corrected chi connectivity index (χ0v) is 19.7. The number of carboxylic acid groups (broad SMARTS) is 1. The van der Waals surface area contributed by atoms with E-state index in [4.69, 9.17) is 16.7 Å². The predicted molar refractivity (Wildman–Crippen MR) is 125 cm³/mol. The van der Waals surface area contributed by atoms with Gasteiger partial charge in [0.25, 0.3) is 0 Å². The van der Waals surface area contributed by atoms with Gasteiger partial charge >= 0.3 is 5.97 Å². The van der Waals surface area contributed by atoms with E-state index in [2.05, 4.69) is 24.6 Å². The Morgan fingerprint density at radius 2 is 2.06 bits per heavy atom. The van der Waals surface area contributed by atoms with Crippen LogP contribution in [0.4, 0.5) is 0 Å². The van der Waals surface area contributed by atoms with Crippen LogP contribution in [0, 0.1) is 23.2 Å². The molecule has 0 heterocycles. The molecule has 3 saturated carbocycles. The van der Waals surface area contributed by atoms with Gasteiger partial charge in [-0.25, -0.2) is 13.1 Å². The number of carboxylic acids is 1. The average Bonchev–Trinajstić information content (AvgIpc) is 2.69. The number of hydrogen-bond acceptors (Lipinski definition) is 3. The molecule has 4 rings (SSSR count). The van der Waals surface area contributed by atoms with E-state index in [0.29, 0.717) is 23.3 Å². The van der Waals surface area contributed by atoms with E-state index in [1.807, 2.05) is 12.1 Å². The van der Waals surface area contributed by atoms with Crippen LogP contribution in [0.1, 0.15) is 57.9 Å². The van der Waals surface area contributed by atoms with Crippen LogP contribution in [0.5, 0.6) is 0 Å². The molecule has 31 heavy (non-hydrogen) atoms. The first-order valence-corrected chi connectivity index (χ1v) is 12.8. The van der Waals surface area contributed by atoms with E-state index < -0.39 is 16.0 Å². The van der Waals surface area contributed by atoms with Crippen molar-refractivity contribution in [2.45, 2.75) is 58.4 Å². The van der Waals surface area contributed by atoms with E-state index >= 15 is 0 Å². The summed E-state index contributed by atoms with van der Waals surface area (Å²) in [5.41, 5.74) is 0.978. The van der Waals surface area contributed by atoms with Crippen LogP contribution in [-0.4, -0.2) is 25.5 Å². The third-order valence-corrected chi connectivity index (χ3v) is 8.42. The molecule has 4 atom stereocenters. The van der Waals surface area contributed by atoms with Crippen LogP contribution in [0.15, 0.2) is 41.8 Å². The van der Waals surface area contributed by atoms with Gasteiger partial charge in [-0.2, -0.15) is 0 Å². The topological polar surface area (TPSA) is 83.5 Å². The summed E-state index contributed by atoms with van der Waals surface area (Å²) in [4.78, 5) is 10.6. The van der Waals surface area contributed by atoms with Crippen molar-refractivity contribution in [3.8, 4) is 0 Å². The van der Waals surface area contributed by atoms with Gasteiger partial charge in [-0.1, -0.05) is 49.7 Å². The number of unbranched alkanes of at least 4 members (excludes halogenated alkanes) is 1. The maximum atomic E-state index is 12.8. The molecule has 0 aromatic heterocycles. The van der Waals surface area contributed by atoms with Gasteiger partial charge in [0, 0.05) is 22.9 Å². The fraction of sp³-hybridized carbons (Fsp3) is 0.542. The number of hydrogen-bond donors (Lipinski definition) is 2. The SMILES string of the molecule is CC1(C)C2CC(NS(=O)(=O)C=Cc3cccc(Cl)c3)C(C/C=C\CCCC(=O)O)C1C2. The molecule has 2 N–H and O–H groups in total. The highest BCUT2D eigenvalue weighted by atomic mass is 35.5. The molecule has 3 aliphatic rings. The third-order valence-electron chi connectivity index (χ3n) is 7.06. The Kier molecular flexibility index (Phi) is 7.66. The number of nitrogens with one attached hydrogen (secondary N) is 1. The largest absolute Gasteiger partial charge is 0.481 e. The molecule has 0 spiro atoms. The zero-order valence-electron chi connectivity index (χ0n) is 18.1. The summed E-state index contributed by atoms with van der Waals surface area (Å²) in [6.45, 7) is 4.58. The maximum Gasteiger partial charge on any atom is 0.303 e. The summed E-state index contributed by atoms with van der Waals surface area (Å²) in [6, 6.07) is 6.99. The quantitative estimate of drug-likeness (QED) is 0.354. The lowest BCUT2D eigenvalue weighted by atomic mass is 9.44. The molecule has 1 aromatic carbocycles. The number of benzene rings is 1. The second kappa shape index (κ2) is 9.88. The van der Waals surface area contributed by atoms with Gasteiger partial charge in [-0.15, -0.1) is 0 Å². The molecule has 5 nitrogen and oxygen atoms in total. The van der Waals surface area contributed by atoms with E-state index in [0.717, 1.165) is 31.2 Å². The zero-order chi connectivity index (χ0) is 22.6. The molecule has 0 radical (unpaired) electrons. The van der Waals surface area contributed by atoms with Crippen LogP contribution >= 0.6 is 11.6 Å². The third kappa shape index (κ3) is 6.21. The minimum atomic E-state index is -3.58. The average molecular weight is 466 g/mol. The molecule has 1 aromatic rings. The highest BCUT2D eigenvalue weighted by molar-refractivity contribution is 7.92. The van der Waals surface area contributed by atoms with Crippen molar-refractivity contribution in [1.82, 2.24) is 4.72 Å². The lowest BCUT2D eigenvalue weighted by molar-refractivity contribution is -0.137. The van der Waals surface area contributed by atoms with E-state index in [-0.39, 0.29) is 23.8 Å². The minimum absolute atomic E-state index is 0.0885. The van der Waals surface area contributed by atoms with E-state index in [9.17, 15) is 13.2 Å². The number of rotatable bonds is 10. The Bertz CT molecular complexity index is 954. The molecule has 170 valence electrons. The number of allylic oxidation sites excluding steroid dienone is 2. The molecule has 3 aliphatic carbocycles. The van der Waals surface area contributed by atoms with Gasteiger partial charge in [0.15, 0.2) is 0 Å². The molecule has 0 amide bonds. The van der Waals surface area contributed by atoms with Gasteiger partial charge in [-0.05, 0) is 79.0 Å². The summed E-state index contributed by atoms with van der Waals surface area (Å²) >= 11 is 5.98. The van der Waals surface area contributed by atoms with Gasteiger partial charge in [0.05, 0.1) is 0 Å². The fourth-order valence-electron chi connectivity index (χ4n) is 5.18. The van der Waals surface area contributed by atoms with Crippen LogP contribution in [0.3, 0.4) is 0 Å². The summed E-state index contributed by atoms with van der Waals surface area (Å²) in [5, 5.41) is 10.5. The van der Waals surface area contributed by atoms with Crippen molar-refractivity contribution < 1.29 is 18.3 Å². The van der Waals surface area contributed by atoms with Crippen molar-refractivity contribution >= 4 is 33.7 Å². The van der Waals surface area contributed by atoms with Crippen LogP contribution in [0.2, 0.25) is 5.02 Å². The standard InChI is InChI=1S/C24H32ClNO4S/c1-24(2)18-15-21(24)20(10-5-3-4-6-11-23(27)28)22(16-18)26-31(29,30)13-12-17-8-7-9-19(25)14-17/h3,5,7-9,12-14,18,20-22,26H,4,6,10-11,15-16H2,1-2H3,(H,27,28)/b5-3-,13-12?. The lowest BCUT2D eigenvalue weighted by Gasteiger charge is -2.62. The highest BCUT2D eigenvalue weighted by Crippen LogP contribution is 2.62. The molecule has 0 aliphatic heterocycles. The fourth-order valence-corrected chi connectivity index (χ4v) is 6.49. The van der Waals surface area contributed by atoms with E-state index in [1.54, 1.807) is 24.3 Å². The Morgan fingerprint density at radius 1 is 1.29 bits per heavy atom. The summed E-state index contributed by atoms with van der Waals surface area (Å²) < 4.78 is 28.5. The summed E-state index contributed by atoms with van der Waals surface area (Å²) in [6.07, 6.45) is 10.0. The number of sulfonamides is 1. The molecule has 4 unspecified atom stereocenters. The smallest absolute Gasteiger partial charge is 0.303 e. The van der Waals surface area contributed by atoms with E-state index in [1.165, 1.54) is 5.41 Å². The lowest BCUT2D eigenvalue weighted by Crippen LogP contribution is -2.61. The van der Waals surface area contributed by atoms with Crippen LogP contribution < -0.4 is 4.72 Å². The normalized spacial score (nSPS) is 27.5. The molecular formula is C24H32ClNO4S. The summed E-state index contributed by atoms with van der Waals surface area (Å²) in [7, 11) is -3.58. The number of carbonyl (C=O) groups is 1. The molecule has 2 bridgehead atoms. The second-order valence-electron chi connectivity index (χ2n) is 9.38. The Labute approximate surface area is 190 Å². The minimum Gasteiger partial charge on any atom is -0.481 e. The number of fused-ring (bicyclic) bond motifs is 2. The van der Waals surface area contributed by atoms with Gasteiger partial charge < -0.3 is 5.11 Å². The Hall–Kier alpha value is -1.63. The van der Waals surface area contributed by atoms with Crippen molar-refractivity contribution in [3.05, 3.63) is 52.4 Å². The predicted octanol–water partition coefficient (Wildman–Crippen LogP) is 5.48. The van der Waals surface area contributed by atoms with Gasteiger partial charge in [0.1, 0.15) is 0 Å². The Balaban J connectivity index is 1.65. The first kappa shape index (κ1) is 24.0. The van der Waals surface area contributed by atoms with Crippen molar-refractivity contribution in [1.29, 1.82) is 0 Å². The van der Waals surface area contributed by atoms with Crippen molar-refractivity contribution in [3.63, 3.8) is 0 Å². The summed E-state index contributed by atoms with van der Waals surface area (Å²) in [5.74, 6) is 0.491. The first-order chi connectivity index (χ1) is 14.6. The van der Waals surface area contributed by atoms with Crippen molar-refractivity contribution in [2.24, 2.45) is 23.2 Å².